The average Bonchev–Trinajstić information content (AvgIpc) is 2.36. The van der Waals surface area contributed by atoms with Crippen molar-refractivity contribution in [3.8, 4) is 17.8 Å². The van der Waals surface area contributed by atoms with Crippen molar-refractivity contribution in [2.24, 2.45) is 0 Å². The Bertz CT molecular complexity index is 363. The summed E-state index contributed by atoms with van der Waals surface area (Å²) in [6.07, 6.45) is -0.738. The molecule has 0 bridgehead atoms. The standard InChI is InChI=1S/C9H13N3O5/c1-4-16-9(13)12-17-8-10-6(14-2)5-7(11-8)15-3/h5H,4H2,1-3H3,(H,12,13). The Kier molecular flexibility index (Phi) is 4.79. The summed E-state index contributed by atoms with van der Waals surface area (Å²) >= 11 is 0. The van der Waals surface area contributed by atoms with Crippen molar-refractivity contribution in [1.29, 1.82) is 0 Å². The van der Waals surface area contributed by atoms with Crippen molar-refractivity contribution in [3.05, 3.63) is 6.07 Å². The number of ether oxygens (including phenoxy) is 3. The van der Waals surface area contributed by atoms with E-state index in [-0.39, 0.29) is 24.4 Å². The van der Waals surface area contributed by atoms with Crippen LogP contribution in [0.5, 0.6) is 17.8 Å². The van der Waals surface area contributed by atoms with Gasteiger partial charge in [0.05, 0.1) is 26.9 Å². The van der Waals surface area contributed by atoms with Gasteiger partial charge in [0.15, 0.2) is 0 Å². The highest BCUT2D eigenvalue weighted by Gasteiger charge is 2.08. The Balaban J connectivity index is 2.66. The maximum atomic E-state index is 10.9. The van der Waals surface area contributed by atoms with E-state index in [1.54, 1.807) is 6.92 Å². The second kappa shape index (κ2) is 6.36. The Morgan fingerprint density at radius 3 is 2.35 bits per heavy atom. The van der Waals surface area contributed by atoms with Gasteiger partial charge in [-0.2, -0.15) is 9.97 Å². The van der Waals surface area contributed by atoms with Crippen molar-refractivity contribution in [2.45, 2.75) is 6.92 Å². The fourth-order valence-electron chi connectivity index (χ4n) is 0.886. The van der Waals surface area contributed by atoms with Crippen LogP contribution in [0.2, 0.25) is 0 Å². The first-order valence-corrected chi connectivity index (χ1v) is 4.76. The molecular weight excluding hydrogens is 230 g/mol. The van der Waals surface area contributed by atoms with E-state index in [1.807, 2.05) is 5.48 Å². The molecule has 8 nitrogen and oxygen atoms in total. The fraction of sp³-hybridized carbons (Fsp3) is 0.444. The van der Waals surface area contributed by atoms with Gasteiger partial charge in [-0.1, -0.05) is 0 Å². The van der Waals surface area contributed by atoms with Crippen molar-refractivity contribution >= 4 is 6.09 Å². The minimum Gasteiger partial charge on any atom is -0.481 e. The van der Waals surface area contributed by atoms with Crippen LogP contribution in [0, 0.1) is 0 Å². The second-order valence-corrected chi connectivity index (χ2v) is 2.66. The first kappa shape index (κ1) is 12.8. The molecule has 0 aliphatic carbocycles. The molecule has 1 aromatic rings. The summed E-state index contributed by atoms with van der Waals surface area (Å²) in [6, 6.07) is 1.35. The van der Waals surface area contributed by atoms with Crippen LogP contribution in [0.15, 0.2) is 6.07 Å². The molecule has 1 heterocycles. The van der Waals surface area contributed by atoms with Gasteiger partial charge >= 0.3 is 12.1 Å². The number of rotatable bonds is 5. The summed E-state index contributed by atoms with van der Waals surface area (Å²) in [6.45, 7) is 1.90. The summed E-state index contributed by atoms with van der Waals surface area (Å²) in [5.74, 6) is 0.495. The number of amides is 1. The molecule has 0 aliphatic heterocycles. The van der Waals surface area contributed by atoms with Crippen LogP contribution in [-0.4, -0.2) is 36.9 Å². The molecule has 1 amide bonds. The topological polar surface area (TPSA) is 91.8 Å². The van der Waals surface area contributed by atoms with Crippen LogP contribution >= 0.6 is 0 Å². The van der Waals surface area contributed by atoms with Crippen LogP contribution in [0.4, 0.5) is 4.79 Å². The largest absolute Gasteiger partial charge is 0.481 e. The lowest BCUT2D eigenvalue weighted by Gasteiger charge is -2.07. The zero-order valence-corrected chi connectivity index (χ0v) is 9.72. The molecule has 0 saturated heterocycles. The predicted octanol–water partition coefficient (Wildman–Crippen LogP) is 0.534. The lowest BCUT2D eigenvalue weighted by molar-refractivity contribution is 0.0983. The SMILES string of the molecule is CCOC(=O)NOc1nc(OC)cc(OC)n1. The number of carbonyl (C=O) groups excluding carboxylic acids is 1. The third-order valence-electron chi connectivity index (χ3n) is 1.58. The molecule has 0 fully saturated rings. The summed E-state index contributed by atoms with van der Waals surface area (Å²) < 4.78 is 14.4. The molecule has 0 atom stereocenters. The van der Waals surface area contributed by atoms with Crippen molar-refractivity contribution < 1.29 is 23.8 Å². The van der Waals surface area contributed by atoms with Gasteiger partial charge in [0, 0.05) is 0 Å². The minimum atomic E-state index is -0.738. The van der Waals surface area contributed by atoms with Gasteiger partial charge < -0.3 is 19.0 Å². The maximum absolute atomic E-state index is 10.9. The van der Waals surface area contributed by atoms with Gasteiger partial charge in [0.25, 0.3) is 0 Å². The number of hydrogen-bond donors (Lipinski definition) is 1. The summed E-state index contributed by atoms with van der Waals surface area (Å²) in [5, 5.41) is 0. The first-order chi connectivity index (χ1) is 8.19. The van der Waals surface area contributed by atoms with Crippen molar-refractivity contribution in [1.82, 2.24) is 15.4 Å². The molecule has 1 aromatic heterocycles. The fourth-order valence-corrected chi connectivity index (χ4v) is 0.886. The molecule has 0 saturated carbocycles. The van der Waals surface area contributed by atoms with E-state index in [0.717, 1.165) is 0 Å². The molecule has 8 heteroatoms. The number of methoxy groups -OCH3 is 2. The highest BCUT2D eigenvalue weighted by atomic mass is 16.7. The van der Waals surface area contributed by atoms with Crippen LogP contribution < -0.4 is 19.8 Å². The van der Waals surface area contributed by atoms with Crippen molar-refractivity contribution in [3.63, 3.8) is 0 Å². The molecule has 1 rings (SSSR count). The molecular formula is C9H13N3O5. The van der Waals surface area contributed by atoms with Crippen LogP contribution in [0.3, 0.4) is 0 Å². The Labute approximate surface area is 97.8 Å². The normalized spacial score (nSPS) is 9.35. The highest BCUT2D eigenvalue weighted by Crippen LogP contribution is 2.17. The summed E-state index contributed by atoms with van der Waals surface area (Å²) in [5.41, 5.74) is 2.01. The number of nitrogens with one attached hydrogen (secondary N) is 1. The quantitative estimate of drug-likeness (QED) is 0.754. The number of carbonyl (C=O) groups is 1. The van der Waals surface area contributed by atoms with E-state index in [4.69, 9.17) is 14.3 Å². The number of hydroxylamine groups is 1. The monoisotopic (exact) mass is 243 g/mol. The average molecular weight is 243 g/mol. The summed E-state index contributed by atoms with van der Waals surface area (Å²) in [7, 11) is 2.87. The van der Waals surface area contributed by atoms with E-state index in [2.05, 4.69) is 14.7 Å². The molecule has 1 N–H and O–H groups in total. The molecule has 0 spiro atoms. The van der Waals surface area contributed by atoms with Gasteiger partial charge in [-0.05, 0) is 6.92 Å². The van der Waals surface area contributed by atoms with Crippen LogP contribution in [-0.2, 0) is 4.74 Å². The number of nitrogens with zero attached hydrogens (tertiary/aromatic N) is 2. The minimum absolute atomic E-state index is 0.116. The van der Waals surface area contributed by atoms with Gasteiger partial charge in [0.1, 0.15) is 0 Å². The van der Waals surface area contributed by atoms with E-state index in [9.17, 15) is 4.79 Å². The molecule has 94 valence electrons. The second-order valence-electron chi connectivity index (χ2n) is 2.66. The number of aromatic nitrogens is 2. The zero-order chi connectivity index (χ0) is 12.7. The van der Waals surface area contributed by atoms with Gasteiger partial charge in [-0.25, -0.2) is 4.79 Å². The smallest absolute Gasteiger partial charge is 0.440 e. The molecule has 0 radical (unpaired) electrons. The van der Waals surface area contributed by atoms with Crippen LogP contribution in [0.1, 0.15) is 6.92 Å². The summed E-state index contributed by atoms with van der Waals surface area (Å²) in [4.78, 5) is 23.4. The van der Waals surface area contributed by atoms with Gasteiger partial charge in [0.2, 0.25) is 11.8 Å². The predicted molar refractivity (Wildman–Crippen MR) is 55.9 cm³/mol. The molecule has 0 aromatic carbocycles. The van der Waals surface area contributed by atoms with Crippen LogP contribution in [0.25, 0.3) is 0 Å². The molecule has 17 heavy (non-hydrogen) atoms. The molecule has 0 unspecified atom stereocenters. The van der Waals surface area contributed by atoms with Gasteiger partial charge in [-0.15, -0.1) is 5.48 Å². The van der Waals surface area contributed by atoms with E-state index < -0.39 is 6.09 Å². The Hall–Kier alpha value is -2.25. The lowest BCUT2D eigenvalue weighted by Crippen LogP contribution is -2.28. The van der Waals surface area contributed by atoms with Gasteiger partial charge in [-0.3, -0.25) is 0 Å². The highest BCUT2D eigenvalue weighted by molar-refractivity contribution is 5.65. The number of hydrogen-bond acceptors (Lipinski definition) is 7. The van der Waals surface area contributed by atoms with E-state index in [0.29, 0.717) is 0 Å². The zero-order valence-electron chi connectivity index (χ0n) is 9.72. The van der Waals surface area contributed by atoms with E-state index in [1.165, 1.54) is 20.3 Å². The third kappa shape index (κ3) is 4.01. The van der Waals surface area contributed by atoms with Crippen molar-refractivity contribution in [2.75, 3.05) is 20.8 Å². The Morgan fingerprint density at radius 2 is 1.88 bits per heavy atom. The third-order valence-corrected chi connectivity index (χ3v) is 1.58. The first-order valence-electron chi connectivity index (χ1n) is 4.76. The van der Waals surface area contributed by atoms with E-state index >= 15 is 0 Å². The maximum Gasteiger partial charge on any atom is 0.440 e. The lowest BCUT2D eigenvalue weighted by atomic mass is 10.6. The Morgan fingerprint density at radius 1 is 1.29 bits per heavy atom. The molecule has 0 aliphatic rings.